The molecule has 0 fully saturated rings. The maximum Gasteiger partial charge on any atom is 0.162 e. The molecule has 0 saturated heterocycles. The number of fused-ring (bicyclic) bond motifs is 1. The van der Waals surface area contributed by atoms with Gasteiger partial charge in [-0.05, 0) is 19.6 Å². The quantitative estimate of drug-likeness (QED) is 0.591. The molecule has 1 unspecified atom stereocenters. The zero-order chi connectivity index (χ0) is 10.8. The largest absolute Gasteiger partial charge is 0.244 e. The summed E-state index contributed by atoms with van der Waals surface area (Å²) in [5.74, 6) is 0. The molecule has 0 saturated carbocycles. The number of hydrogen-bond acceptors (Lipinski definition) is 4. The lowest BCUT2D eigenvalue weighted by Gasteiger charge is -2.09. The molecule has 0 aliphatic rings. The van der Waals surface area contributed by atoms with Gasteiger partial charge in [0.05, 0.1) is 17.6 Å². The molecule has 0 aromatic carbocycles. The third-order valence-corrected chi connectivity index (χ3v) is 3.27. The molecule has 4 nitrogen and oxygen atoms in total. The van der Waals surface area contributed by atoms with Crippen LogP contribution >= 0.6 is 11.8 Å². The Morgan fingerprint density at radius 1 is 1.47 bits per heavy atom. The molecule has 15 heavy (non-hydrogen) atoms. The first-order valence-electron chi connectivity index (χ1n) is 5.00. The van der Waals surface area contributed by atoms with Gasteiger partial charge in [0.25, 0.3) is 0 Å². The first kappa shape index (κ1) is 10.4. The van der Waals surface area contributed by atoms with E-state index in [-0.39, 0.29) is 0 Å². The molecule has 80 valence electrons. The van der Waals surface area contributed by atoms with Crippen molar-refractivity contribution in [3.63, 3.8) is 0 Å². The molecular weight excluding hydrogens is 208 g/mol. The highest BCUT2D eigenvalue weighted by molar-refractivity contribution is 7.98. The van der Waals surface area contributed by atoms with Crippen LogP contribution in [0.5, 0.6) is 0 Å². The van der Waals surface area contributed by atoms with Gasteiger partial charge in [0.2, 0.25) is 0 Å². The fraction of sp³-hybridized carbons (Fsp3) is 0.500. The van der Waals surface area contributed by atoms with Gasteiger partial charge in [0, 0.05) is 0 Å². The first-order valence-corrected chi connectivity index (χ1v) is 6.22. The minimum Gasteiger partial charge on any atom is -0.244 e. The maximum absolute atomic E-state index is 4.38. The van der Waals surface area contributed by atoms with Crippen molar-refractivity contribution in [2.75, 3.05) is 6.26 Å². The Morgan fingerprint density at radius 2 is 2.27 bits per heavy atom. The number of hydrogen-bond donors (Lipinski definition) is 0. The van der Waals surface area contributed by atoms with E-state index < -0.39 is 0 Å². The molecule has 2 aromatic rings. The first-order chi connectivity index (χ1) is 7.27. The van der Waals surface area contributed by atoms with Gasteiger partial charge >= 0.3 is 0 Å². The predicted molar refractivity (Wildman–Crippen MR) is 62.1 cm³/mol. The zero-order valence-electron chi connectivity index (χ0n) is 9.14. The Hall–Kier alpha value is -1.10. The highest BCUT2D eigenvalue weighted by atomic mass is 32.2. The van der Waals surface area contributed by atoms with Crippen molar-refractivity contribution in [2.24, 2.45) is 0 Å². The summed E-state index contributed by atoms with van der Waals surface area (Å²) in [5, 5.41) is 6.42. The van der Waals surface area contributed by atoms with Crippen LogP contribution in [0.2, 0.25) is 0 Å². The Morgan fingerprint density at radius 3 is 2.93 bits per heavy atom. The molecule has 2 rings (SSSR count). The number of aromatic nitrogens is 4. The van der Waals surface area contributed by atoms with Gasteiger partial charge in [-0.25, -0.2) is 14.6 Å². The summed E-state index contributed by atoms with van der Waals surface area (Å²) in [5.41, 5.74) is 0.934. The predicted octanol–water partition coefficient (Wildman–Crippen LogP) is 2.52. The van der Waals surface area contributed by atoms with E-state index in [2.05, 4.69) is 28.9 Å². The third-order valence-electron chi connectivity index (χ3n) is 2.56. The monoisotopic (exact) mass is 222 g/mol. The fourth-order valence-electron chi connectivity index (χ4n) is 1.50. The van der Waals surface area contributed by atoms with E-state index in [1.54, 1.807) is 18.1 Å². The maximum atomic E-state index is 4.38. The van der Waals surface area contributed by atoms with Crippen LogP contribution in [0, 0.1) is 0 Å². The molecule has 2 aromatic heterocycles. The van der Waals surface area contributed by atoms with Gasteiger partial charge in [-0.1, -0.05) is 6.92 Å². The standard InChI is InChI=1S/C10H14N4S/c1-4-7(2)14-9-8(5-13-14)10(15-3)12-6-11-9/h5-7H,4H2,1-3H3. The van der Waals surface area contributed by atoms with E-state index in [4.69, 9.17) is 0 Å². The van der Waals surface area contributed by atoms with E-state index in [1.165, 1.54) is 0 Å². The lowest BCUT2D eigenvalue weighted by molar-refractivity contribution is 0.489. The van der Waals surface area contributed by atoms with E-state index in [0.29, 0.717) is 6.04 Å². The SMILES string of the molecule is CCC(C)n1ncc2c(SC)ncnc21. The summed E-state index contributed by atoms with van der Waals surface area (Å²) < 4.78 is 1.97. The van der Waals surface area contributed by atoms with Crippen LogP contribution in [0.4, 0.5) is 0 Å². The van der Waals surface area contributed by atoms with Gasteiger partial charge in [0.15, 0.2) is 5.65 Å². The molecular formula is C10H14N4S. The van der Waals surface area contributed by atoms with Crippen molar-refractivity contribution in [1.82, 2.24) is 19.7 Å². The van der Waals surface area contributed by atoms with Gasteiger partial charge in [0.1, 0.15) is 11.4 Å². The van der Waals surface area contributed by atoms with Crippen LogP contribution in [0.15, 0.2) is 17.6 Å². The van der Waals surface area contributed by atoms with Crippen LogP contribution in [0.3, 0.4) is 0 Å². The lowest BCUT2D eigenvalue weighted by Crippen LogP contribution is -2.06. The van der Waals surface area contributed by atoms with Gasteiger partial charge in [-0.2, -0.15) is 5.10 Å². The van der Waals surface area contributed by atoms with Crippen molar-refractivity contribution in [3.8, 4) is 0 Å². The summed E-state index contributed by atoms with van der Waals surface area (Å²) >= 11 is 1.63. The second-order valence-corrected chi connectivity index (χ2v) is 4.26. The number of nitrogens with zero attached hydrogens (tertiary/aromatic N) is 4. The third kappa shape index (κ3) is 1.71. The topological polar surface area (TPSA) is 43.6 Å². The van der Waals surface area contributed by atoms with Gasteiger partial charge in [-0.15, -0.1) is 11.8 Å². The molecule has 0 radical (unpaired) electrons. The van der Waals surface area contributed by atoms with Gasteiger partial charge in [-0.3, -0.25) is 0 Å². The van der Waals surface area contributed by atoms with E-state index in [1.807, 2.05) is 17.1 Å². The number of thioether (sulfide) groups is 1. The molecule has 0 aliphatic heterocycles. The minimum absolute atomic E-state index is 0.382. The zero-order valence-corrected chi connectivity index (χ0v) is 9.95. The van der Waals surface area contributed by atoms with Gasteiger partial charge < -0.3 is 0 Å². The number of rotatable bonds is 3. The highest BCUT2D eigenvalue weighted by Crippen LogP contribution is 2.24. The minimum atomic E-state index is 0.382. The van der Waals surface area contributed by atoms with Crippen molar-refractivity contribution < 1.29 is 0 Å². The molecule has 1 atom stereocenters. The molecule has 0 aliphatic carbocycles. The van der Waals surface area contributed by atoms with Crippen molar-refractivity contribution in [2.45, 2.75) is 31.3 Å². The molecule has 0 bridgehead atoms. The van der Waals surface area contributed by atoms with Crippen LogP contribution in [-0.2, 0) is 0 Å². The lowest BCUT2D eigenvalue weighted by atomic mass is 10.3. The van der Waals surface area contributed by atoms with Crippen molar-refractivity contribution >= 4 is 22.8 Å². The Labute approximate surface area is 93.1 Å². The average Bonchev–Trinajstić information content (AvgIpc) is 2.71. The second kappa shape index (κ2) is 4.18. The summed E-state index contributed by atoms with van der Waals surface area (Å²) in [4.78, 5) is 8.52. The fourth-order valence-corrected chi connectivity index (χ4v) is 2.02. The Bertz CT molecular complexity index is 465. The van der Waals surface area contributed by atoms with Crippen LogP contribution < -0.4 is 0 Å². The molecule has 0 amide bonds. The van der Waals surface area contributed by atoms with Crippen molar-refractivity contribution in [3.05, 3.63) is 12.5 Å². The molecule has 0 N–H and O–H groups in total. The van der Waals surface area contributed by atoms with Crippen LogP contribution in [0.25, 0.3) is 11.0 Å². The summed E-state index contributed by atoms with van der Waals surface area (Å²) in [6.07, 6.45) is 6.53. The normalized spacial score (nSPS) is 13.3. The summed E-state index contributed by atoms with van der Waals surface area (Å²) in [6.45, 7) is 4.29. The second-order valence-electron chi connectivity index (χ2n) is 3.47. The Balaban J connectivity index is 2.60. The van der Waals surface area contributed by atoms with E-state index >= 15 is 0 Å². The van der Waals surface area contributed by atoms with E-state index in [0.717, 1.165) is 22.5 Å². The summed E-state index contributed by atoms with van der Waals surface area (Å²) in [6, 6.07) is 0.382. The average molecular weight is 222 g/mol. The molecule has 5 heteroatoms. The smallest absolute Gasteiger partial charge is 0.162 e. The molecule has 0 spiro atoms. The summed E-state index contributed by atoms with van der Waals surface area (Å²) in [7, 11) is 0. The van der Waals surface area contributed by atoms with Crippen LogP contribution in [0.1, 0.15) is 26.3 Å². The van der Waals surface area contributed by atoms with Crippen LogP contribution in [-0.4, -0.2) is 26.0 Å². The highest BCUT2D eigenvalue weighted by Gasteiger charge is 2.11. The Kier molecular flexibility index (Phi) is 2.90. The van der Waals surface area contributed by atoms with E-state index in [9.17, 15) is 0 Å². The molecule has 2 heterocycles. The van der Waals surface area contributed by atoms with Crippen molar-refractivity contribution in [1.29, 1.82) is 0 Å².